The molecule has 88 valence electrons. The first-order valence-corrected chi connectivity index (χ1v) is 4.46. The van der Waals surface area contributed by atoms with E-state index in [0.717, 1.165) is 12.2 Å². The predicted octanol–water partition coefficient (Wildman–Crippen LogP) is 1.07. The molecule has 0 saturated carbocycles. The molecule has 0 heterocycles. The Labute approximate surface area is 91.1 Å². The molecule has 0 aromatic heterocycles. The second-order valence-corrected chi connectivity index (χ2v) is 4.07. The fraction of sp³-hybridized carbons (Fsp3) is 0.400. The van der Waals surface area contributed by atoms with Gasteiger partial charge in [0, 0.05) is 0 Å². The van der Waals surface area contributed by atoms with E-state index in [0.29, 0.717) is 0 Å². The van der Waals surface area contributed by atoms with Gasteiger partial charge in [0.05, 0.1) is 0 Å². The molecule has 2 atom stereocenters. The summed E-state index contributed by atoms with van der Waals surface area (Å²) in [7, 11) is 0. The third kappa shape index (κ3) is 1.42. The van der Waals surface area contributed by atoms with Crippen LogP contribution in [0.25, 0.3) is 0 Å². The molecule has 16 heavy (non-hydrogen) atoms. The van der Waals surface area contributed by atoms with Gasteiger partial charge in [-0.3, -0.25) is 9.59 Å². The van der Waals surface area contributed by atoms with Crippen molar-refractivity contribution < 1.29 is 30.0 Å². The van der Waals surface area contributed by atoms with Gasteiger partial charge >= 0.3 is 11.9 Å². The van der Waals surface area contributed by atoms with E-state index in [1.54, 1.807) is 0 Å². The first kappa shape index (κ1) is 12.1. The highest BCUT2D eigenvalue weighted by atomic mass is 16.4. The first-order valence-electron chi connectivity index (χ1n) is 4.46. The third-order valence-electron chi connectivity index (χ3n) is 2.80. The Morgan fingerprint density at radius 1 is 0.938 bits per heavy atom. The number of hydrogen-bond donors (Lipinski definition) is 4. The van der Waals surface area contributed by atoms with Crippen molar-refractivity contribution in [3.05, 3.63) is 23.7 Å². The first-order chi connectivity index (χ1) is 7.14. The average Bonchev–Trinajstić information content (AvgIpc) is 2.14. The smallest absolute Gasteiger partial charge is 0.321 e. The van der Waals surface area contributed by atoms with Crippen LogP contribution in [0.3, 0.4) is 0 Å². The van der Waals surface area contributed by atoms with Crippen LogP contribution in [0.4, 0.5) is 0 Å². The minimum Gasteiger partial charge on any atom is -0.511 e. The molecule has 0 bridgehead atoms. The molecule has 4 N–H and O–H groups in total. The minimum absolute atomic E-state index is 0.609. The maximum absolute atomic E-state index is 10.9. The molecule has 0 amide bonds. The Kier molecular flexibility index (Phi) is 2.46. The van der Waals surface area contributed by atoms with Crippen molar-refractivity contribution in [1.29, 1.82) is 0 Å². The standard InChI is InChI=1S/C10H12O6/c1-9(7(13)14)3-6(12)10(2,8(15)16)4-5(9)11/h3-4,11-12H,1-2H3,(H,13,14)(H,15,16). The number of carbonyl (C=O) groups is 2. The van der Waals surface area contributed by atoms with Gasteiger partial charge in [-0.25, -0.2) is 0 Å². The normalized spacial score (nSPS) is 33.9. The molecule has 0 radical (unpaired) electrons. The van der Waals surface area contributed by atoms with E-state index >= 15 is 0 Å². The summed E-state index contributed by atoms with van der Waals surface area (Å²) in [6.45, 7) is 2.33. The van der Waals surface area contributed by atoms with Gasteiger partial charge in [0.25, 0.3) is 0 Å². The molecule has 0 spiro atoms. The van der Waals surface area contributed by atoms with Crippen LogP contribution in [0.1, 0.15) is 13.8 Å². The zero-order valence-electron chi connectivity index (χ0n) is 8.76. The van der Waals surface area contributed by atoms with Gasteiger partial charge in [0.15, 0.2) is 0 Å². The summed E-state index contributed by atoms with van der Waals surface area (Å²) >= 11 is 0. The molecule has 1 rings (SSSR count). The number of carboxylic acid groups (broad SMARTS) is 2. The van der Waals surface area contributed by atoms with Gasteiger partial charge in [0.1, 0.15) is 22.3 Å². The van der Waals surface area contributed by atoms with E-state index in [9.17, 15) is 19.8 Å². The molecular formula is C10H12O6. The summed E-state index contributed by atoms with van der Waals surface area (Å²) in [5, 5.41) is 36.9. The van der Waals surface area contributed by atoms with Gasteiger partial charge in [-0.15, -0.1) is 0 Å². The Morgan fingerprint density at radius 3 is 1.38 bits per heavy atom. The molecule has 0 aliphatic heterocycles. The molecule has 6 nitrogen and oxygen atoms in total. The van der Waals surface area contributed by atoms with Gasteiger partial charge in [-0.2, -0.15) is 0 Å². The zero-order chi connectivity index (χ0) is 12.7. The lowest BCUT2D eigenvalue weighted by molar-refractivity contribution is -0.148. The van der Waals surface area contributed by atoms with Crippen LogP contribution in [-0.4, -0.2) is 32.4 Å². The topological polar surface area (TPSA) is 115 Å². The predicted molar refractivity (Wildman–Crippen MR) is 52.9 cm³/mol. The summed E-state index contributed by atoms with van der Waals surface area (Å²) in [5.41, 5.74) is -3.59. The second kappa shape index (κ2) is 3.26. The van der Waals surface area contributed by atoms with Crippen LogP contribution < -0.4 is 0 Å². The molecule has 2 unspecified atom stereocenters. The molecule has 0 fully saturated rings. The van der Waals surface area contributed by atoms with Gasteiger partial charge in [0.2, 0.25) is 0 Å². The van der Waals surface area contributed by atoms with Crippen molar-refractivity contribution in [2.45, 2.75) is 13.8 Å². The minimum atomic E-state index is -1.79. The number of aliphatic carboxylic acids is 2. The summed E-state index contributed by atoms with van der Waals surface area (Å²) < 4.78 is 0. The van der Waals surface area contributed by atoms with Crippen molar-refractivity contribution in [2.75, 3.05) is 0 Å². The van der Waals surface area contributed by atoms with Crippen molar-refractivity contribution in [3.63, 3.8) is 0 Å². The summed E-state index contributed by atoms with van der Waals surface area (Å²) in [6, 6.07) is 0. The second-order valence-electron chi connectivity index (χ2n) is 4.07. The van der Waals surface area contributed by atoms with E-state index in [4.69, 9.17) is 10.2 Å². The maximum Gasteiger partial charge on any atom is 0.321 e. The third-order valence-corrected chi connectivity index (χ3v) is 2.80. The van der Waals surface area contributed by atoms with Crippen LogP contribution in [0.5, 0.6) is 0 Å². The Balaban J connectivity index is 3.36. The lowest BCUT2D eigenvalue weighted by atomic mass is 9.74. The molecule has 6 heteroatoms. The van der Waals surface area contributed by atoms with Crippen molar-refractivity contribution >= 4 is 11.9 Å². The largest absolute Gasteiger partial charge is 0.511 e. The highest BCUT2D eigenvalue weighted by Crippen LogP contribution is 2.41. The molecular weight excluding hydrogens is 216 g/mol. The van der Waals surface area contributed by atoms with Gasteiger partial charge in [-0.05, 0) is 26.0 Å². The highest BCUT2D eigenvalue weighted by molar-refractivity contribution is 5.85. The van der Waals surface area contributed by atoms with E-state index in [1.807, 2.05) is 0 Å². The Morgan fingerprint density at radius 2 is 1.19 bits per heavy atom. The van der Waals surface area contributed by atoms with E-state index in [2.05, 4.69) is 0 Å². The van der Waals surface area contributed by atoms with Crippen molar-refractivity contribution in [3.8, 4) is 0 Å². The quantitative estimate of drug-likeness (QED) is 0.561. The van der Waals surface area contributed by atoms with Crippen molar-refractivity contribution in [1.82, 2.24) is 0 Å². The molecule has 0 aromatic carbocycles. The molecule has 0 aromatic rings. The summed E-state index contributed by atoms with van der Waals surface area (Å²) in [5.74, 6) is -3.97. The fourth-order valence-corrected chi connectivity index (χ4v) is 1.34. The van der Waals surface area contributed by atoms with Gasteiger partial charge < -0.3 is 20.4 Å². The summed E-state index contributed by atoms with van der Waals surface area (Å²) in [4.78, 5) is 21.8. The lowest BCUT2D eigenvalue weighted by Gasteiger charge is -2.31. The average molecular weight is 228 g/mol. The molecule has 1 aliphatic rings. The lowest BCUT2D eigenvalue weighted by Crippen LogP contribution is -2.38. The van der Waals surface area contributed by atoms with Crippen LogP contribution in [0.2, 0.25) is 0 Å². The van der Waals surface area contributed by atoms with Crippen LogP contribution in [0, 0.1) is 10.8 Å². The zero-order valence-corrected chi connectivity index (χ0v) is 8.76. The molecule has 1 aliphatic carbocycles. The highest BCUT2D eigenvalue weighted by Gasteiger charge is 2.48. The van der Waals surface area contributed by atoms with Crippen molar-refractivity contribution in [2.24, 2.45) is 10.8 Å². The number of hydrogen-bond acceptors (Lipinski definition) is 4. The van der Waals surface area contributed by atoms with Crippen LogP contribution in [0.15, 0.2) is 23.7 Å². The van der Waals surface area contributed by atoms with Gasteiger partial charge in [-0.1, -0.05) is 0 Å². The number of aliphatic hydroxyl groups excluding tert-OH is 2. The number of rotatable bonds is 2. The van der Waals surface area contributed by atoms with Crippen LogP contribution >= 0.6 is 0 Å². The van der Waals surface area contributed by atoms with E-state index < -0.39 is 34.3 Å². The van der Waals surface area contributed by atoms with E-state index in [-0.39, 0.29) is 0 Å². The van der Waals surface area contributed by atoms with Crippen LogP contribution in [-0.2, 0) is 9.59 Å². The van der Waals surface area contributed by atoms with E-state index in [1.165, 1.54) is 13.8 Å². The summed E-state index contributed by atoms with van der Waals surface area (Å²) in [6.07, 6.45) is 1.66. The fourth-order valence-electron chi connectivity index (χ4n) is 1.34. The Hall–Kier alpha value is -1.98. The number of carboxylic acids is 2. The SMILES string of the molecule is CC1(C(=O)O)C=C(O)C(C)(C(=O)O)C=C1O. The number of aliphatic hydroxyl groups is 2. The maximum atomic E-state index is 10.9. The molecule has 0 saturated heterocycles. The monoisotopic (exact) mass is 228 g/mol. The Bertz CT molecular complexity index is 381.